The Balaban J connectivity index is 1.99. The van der Waals surface area contributed by atoms with Crippen LogP contribution in [0.2, 0.25) is 0 Å². The zero-order valence-electron chi connectivity index (χ0n) is 16.0. The molecule has 0 aliphatic carbocycles. The van der Waals surface area contributed by atoms with E-state index in [0.717, 1.165) is 12.1 Å². The Kier molecular flexibility index (Phi) is 7.04. The third-order valence-electron chi connectivity index (χ3n) is 4.48. The normalized spacial score (nSPS) is 15.3. The molecule has 0 unspecified atom stereocenters. The number of halogens is 3. The van der Waals surface area contributed by atoms with Crippen LogP contribution in [-0.4, -0.2) is 42.5 Å². The fraction of sp³-hybridized carbons (Fsp3) is 0.556. The van der Waals surface area contributed by atoms with Crippen molar-refractivity contribution in [1.82, 2.24) is 5.32 Å². The Labute approximate surface area is 165 Å². The van der Waals surface area contributed by atoms with Gasteiger partial charge in [-0.3, -0.25) is 19.7 Å². The van der Waals surface area contributed by atoms with Gasteiger partial charge in [0.1, 0.15) is 12.2 Å². The van der Waals surface area contributed by atoms with Crippen molar-refractivity contribution >= 4 is 23.3 Å². The van der Waals surface area contributed by atoms with Gasteiger partial charge in [-0.15, -0.1) is 0 Å². The first-order chi connectivity index (χ1) is 13.5. The minimum atomic E-state index is -4.68. The summed E-state index contributed by atoms with van der Waals surface area (Å²) in [4.78, 5) is 35.7. The van der Waals surface area contributed by atoms with Gasteiger partial charge in [-0.25, -0.2) is 0 Å². The molecule has 1 aromatic carbocycles. The van der Waals surface area contributed by atoms with Gasteiger partial charge in [-0.05, 0) is 38.8 Å². The van der Waals surface area contributed by atoms with Crippen LogP contribution in [0.1, 0.15) is 32.3 Å². The van der Waals surface area contributed by atoms with Crippen LogP contribution < -0.4 is 10.2 Å². The Morgan fingerprint density at radius 3 is 2.45 bits per heavy atom. The van der Waals surface area contributed by atoms with E-state index in [-0.39, 0.29) is 37.3 Å². The highest BCUT2D eigenvalue weighted by atomic mass is 19.4. The summed E-state index contributed by atoms with van der Waals surface area (Å²) in [5.41, 5.74) is -1.63. The molecule has 1 fully saturated rings. The minimum absolute atomic E-state index is 0.0855. The molecule has 0 aromatic heterocycles. The van der Waals surface area contributed by atoms with Crippen molar-refractivity contribution in [1.29, 1.82) is 0 Å². The molecule has 11 heteroatoms. The second kappa shape index (κ2) is 9.10. The average molecular weight is 417 g/mol. The first-order valence-corrected chi connectivity index (χ1v) is 9.06. The molecule has 1 heterocycles. The summed E-state index contributed by atoms with van der Waals surface area (Å²) in [5, 5.41) is 13.7. The number of carbonyl (C=O) groups is 2. The van der Waals surface area contributed by atoms with Crippen molar-refractivity contribution in [2.45, 2.75) is 39.0 Å². The summed E-state index contributed by atoms with van der Waals surface area (Å²) >= 11 is 0. The zero-order chi connectivity index (χ0) is 21.8. The first-order valence-electron chi connectivity index (χ1n) is 9.06. The van der Waals surface area contributed by atoms with Crippen LogP contribution in [0.4, 0.5) is 24.5 Å². The lowest BCUT2D eigenvalue weighted by Gasteiger charge is -2.32. The summed E-state index contributed by atoms with van der Waals surface area (Å²) in [6.07, 6.45) is -4.26. The molecule has 0 bridgehead atoms. The van der Waals surface area contributed by atoms with Gasteiger partial charge in [-0.1, -0.05) is 0 Å². The van der Waals surface area contributed by atoms with Gasteiger partial charge in [0, 0.05) is 25.1 Å². The summed E-state index contributed by atoms with van der Waals surface area (Å²) in [7, 11) is 0. The van der Waals surface area contributed by atoms with E-state index in [9.17, 15) is 32.9 Å². The standard InChI is InChI=1S/C18H22F3N3O5/c1-11(2)29-16(25)10-22-17(26)12-5-7-23(8-6-12)14-4-3-13(18(19,20)21)9-15(14)24(27)28/h3-4,9,11-12H,5-8,10H2,1-2H3,(H,22,26). The third-order valence-corrected chi connectivity index (χ3v) is 4.48. The second-order valence-corrected chi connectivity index (χ2v) is 6.98. The van der Waals surface area contributed by atoms with Crippen molar-refractivity contribution < 1.29 is 32.4 Å². The third kappa shape index (κ3) is 6.06. The second-order valence-electron chi connectivity index (χ2n) is 6.98. The van der Waals surface area contributed by atoms with E-state index in [1.165, 1.54) is 0 Å². The van der Waals surface area contributed by atoms with Gasteiger partial charge in [0.2, 0.25) is 5.91 Å². The number of rotatable bonds is 6. The van der Waals surface area contributed by atoms with Crippen LogP contribution in [0.5, 0.6) is 0 Å². The van der Waals surface area contributed by atoms with Gasteiger partial charge < -0.3 is 15.0 Å². The number of hydrogen-bond acceptors (Lipinski definition) is 6. The predicted molar refractivity (Wildman–Crippen MR) is 97.3 cm³/mol. The molecular weight excluding hydrogens is 395 g/mol. The van der Waals surface area contributed by atoms with Crippen molar-refractivity contribution in [3.05, 3.63) is 33.9 Å². The Morgan fingerprint density at radius 1 is 1.31 bits per heavy atom. The number of nitrogens with one attached hydrogen (secondary N) is 1. The van der Waals surface area contributed by atoms with Gasteiger partial charge >= 0.3 is 12.1 Å². The predicted octanol–water partition coefficient (Wildman–Crippen LogP) is 2.90. The van der Waals surface area contributed by atoms with Crippen LogP contribution in [0, 0.1) is 16.0 Å². The number of amides is 1. The topological polar surface area (TPSA) is 102 Å². The number of benzene rings is 1. The van der Waals surface area contributed by atoms with Crippen LogP contribution >= 0.6 is 0 Å². The smallest absolute Gasteiger partial charge is 0.416 e. The molecule has 29 heavy (non-hydrogen) atoms. The van der Waals surface area contributed by atoms with Crippen LogP contribution in [-0.2, 0) is 20.5 Å². The molecule has 1 N–H and O–H groups in total. The maximum Gasteiger partial charge on any atom is 0.416 e. The summed E-state index contributed by atoms with van der Waals surface area (Å²) in [6.45, 7) is 3.66. The SMILES string of the molecule is CC(C)OC(=O)CNC(=O)C1CCN(c2ccc(C(F)(F)F)cc2[N+](=O)[O-])CC1. The molecule has 0 atom stereocenters. The zero-order valence-corrected chi connectivity index (χ0v) is 16.0. The number of nitrogens with zero attached hydrogens (tertiary/aromatic N) is 2. The van der Waals surface area contributed by atoms with E-state index in [0.29, 0.717) is 18.9 Å². The summed E-state index contributed by atoms with van der Waals surface area (Å²) < 4.78 is 43.4. The quantitative estimate of drug-likeness (QED) is 0.434. The van der Waals surface area contributed by atoms with Crippen molar-refractivity contribution in [3.63, 3.8) is 0 Å². The van der Waals surface area contributed by atoms with Crippen LogP contribution in [0.25, 0.3) is 0 Å². The minimum Gasteiger partial charge on any atom is -0.462 e. The highest BCUT2D eigenvalue weighted by molar-refractivity contribution is 5.83. The van der Waals surface area contributed by atoms with E-state index in [1.54, 1.807) is 18.7 Å². The van der Waals surface area contributed by atoms with Gasteiger partial charge in [0.15, 0.2) is 0 Å². The number of carbonyl (C=O) groups excluding carboxylic acids is 2. The van der Waals surface area contributed by atoms with E-state index < -0.39 is 34.2 Å². The Bertz CT molecular complexity index is 774. The van der Waals surface area contributed by atoms with Crippen molar-refractivity contribution in [3.8, 4) is 0 Å². The van der Waals surface area contributed by atoms with Gasteiger partial charge in [0.25, 0.3) is 5.69 Å². The molecule has 1 aliphatic rings. The Hall–Kier alpha value is -2.85. The highest BCUT2D eigenvalue weighted by Gasteiger charge is 2.35. The average Bonchev–Trinajstić information content (AvgIpc) is 2.64. The fourth-order valence-electron chi connectivity index (χ4n) is 3.10. The number of nitro groups is 1. The number of ether oxygens (including phenoxy) is 1. The number of alkyl halides is 3. The molecular formula is C18H22F3N3O5. The Morgan fingerprint density at radius 2 is 1.93 bits per heavy atom. The molecule has 1 saturated heterocycles. The summed E-state index contributed by atoms with van der Waals surface area (Å²) in [6, 6.07) is 2.42. The molecule has 8 nitrogen and oxygen atoms in total. The summed E-state index contributed by atoms with van der Waals surface area (Å²) in [5.74, 6) is -1.27. The molecule has 0 saturated carbocycles. The molecule has 2 rings (SSSR count). The van der Waals surface area contributed by atoms with Gasteiger partial charge in [-0.2, -0.15) is 13.2 Å². The van der Waals surface area contributed by atoms with Gasteiger partial charge in [0.05, 0.1) is 16.6 Å². The monoisotopic (exact) mass is 417 g/mol. The maximum atomic E-state index is 12.8. The molecule has 1 aromatic rings. The lowest BCUT2D eigenvalue weighted by atomic mass is 9.95. The fourth-order valence-corrected chi connectivity index (χ4v) is 3.10. The lowest BCUT2D eigenvalue weighted by molar-refractivity contribution is -0.384. The maximum absolute atomic E-state index is 12.8. The van der Waals surface area contributed by atoms with Crippen LogP contribution in [0.15, 0.2) is 18.2 Å². The van der Waals surface area contributed by atoms with E-state index in [4.69, 9.17) is 4.74 Å². The molecule has 0 radical (unpaired) electrons. The van der Waals surface area contributed by atoms with E-state index in [1.807, 2.05) is 0 Å². The van der Waals surface area contributed by atoms with E-state index >= 15 is 0 Å². The molecule has 1 amide bonds. The van der Waals surface area contributed by atoms with Crippen molar-refractivity contribution in [2.24, 2.45) is 5.92 Å². The highest BCUT2D eigenvalue weighted by Crippen LogP contribution is 2.37. The number of hydrogen-bond donors (Lipinski definition) is 1. The number of nitro benzene ring substituents is 1. The number of anilines is 1. The molecule has 0 spiro atoms. The first kappa shape index (κ1) is 22.4. The number of esters is 1. The van der Waals surface area contributed by atoms with Crippen LogP contribution in [0.3, 0.4) is 0 Å². The number of piperidine rings is 1. The molecule has 1 aliphatic heterocycles. The largest absolute Gasteiger partial charge is 0.462 e. The molecule has 160 valence electrons. The van der Waals surface area contributed by atoms with E-state index in [2.05, 4.69) is 5.32 Å². The lowest BCUT2D eigenvalue weighted by Crippen LogP contribution is -2.42. The van der Waals surface area contributed by atoms with Crippen molar-refractivity contribution in [2.75, 3.05) is 24.5 Å².